The summed E-state index contributed by atoms with van der Waals surface area (Å²) in [5.74, 6) is 1.84. The number of hydrogen-bond acceptors (Lipinski definition) is 9. The van der Waals surface area contributed by atoms with Crippen molar-refractivity contribution in [2.45, 2.75) is 12.8 Å². The Labute approximate surface area is 272 Å². The van der Waals surface area contributed by atoms with Crippen molar-refractivity contribution in [3.8, 4) is 11.1 Å². The maximum absolute atomic E-state index is 13.4. The van der Waals surface area contributed by atoms with Crippen molar-refractivity contribution in [2.75, 3.05) is 48.3 Å². The van der Waals surface area contributed by atoms with Gasteiger partial charge in [-0.2, -0.15) is 15.0 Å². The largest absolute Gasteiger partial charge is 0.353 e. The van der Waals surface area contributed by atoms with Gasteiger partial charge in [-0.15, -0.1) is 11.3 Å². The third kappa shape index (κ3) is 6.67. The first-order chi connectivity index (χ1) is 22.6. The third-order valence-corrected chi connectivity index (χ3v) is 9.03. The molecule has 4 aromatic carbocycles. The van der Waals surface area contributed by atoms with Crippen molar-refractivity contribution >= 4 is 51.0 Å². The van der Waals surface area contributed by atoms with E-state index in [0.29, 0.717) is 56.1 Å². The Bertz CT molecular complexity index is 1920. The fourth-order valence-corrected chi connectivity index (χ4v) is 6.29. The number of aromatic nitrogens is 4. The Morgan fingerprint density at radius 2 is 1.50 bits per heavy atom. The van der Waals surface area contributed by atoms with Crippen molar-refractivity contribution in [2.24, 2.45) is 0 Å². The van der Waals surface area contributed by atoms with E-state index in [2.05, 4.69) is 69.9 Å². The van der Waals surface area contributed by atoms with Gasteiger partial charge in [-0.1, -0.05) is 79.7 Å². The second-order valence-corrected chi connectivity index (χ2v) is 12.2. The van der Waals surface area contributed by atoms with Crippen molar-refractivity contribution in [1.82, 2.24) is 24.8 Å². The number of hydrogen-bond donors (Lipinski definition) is 2. The zero-order valence-corrected chi connectivity index (χ0v) is 26.3. The molecule has 2 N–H and O–H groups in total. The van der Waals surface area contributed by atoms with Gasteiger partial charge in [0.25, 0.3) is 5.91 Å². The number of nitrogens with zero attached hydrogens (tertiary/aromatic N) is 6. The molecule has 1 aliphatic heterocycles. The number of anilines is 4. The molecule has 3 heterocycles. The van der Waals surface area contributed by atoms with Gasteiger partial charge in [0.15, 0.2) is 0 Å². The van der Waals surface area contributed by atoms with E-state index in [0.717, 1.165) is 27.0 Å². The number of fused-ring (bicyclic) bond motifs is 1. The third-order valence-electron chi connectivity index (χ3n) is 8.23. The van der Waals surface area contributed by atoms with Crippen LogP contribution in [-0.4, -0.2) is 63.5 Å². The molecule has 0 bridgehead atoms. The molecule has 6 aromatic rings. The molecule has 1 amide bonds. The average Bonchev–Trinajstić information content (AvgIpc) is 3.59. The molecule has 0 aliphatic carbocycles. The molecule has 1 atom stereocenters. The number of thiazole rings is 1. The smallest absolute Gasteiger partial charge is 0.253 e. The molecular weight excluding hydrogens is 593 g/mol. The topological polar surface area (TPSA) is 99.2 Å². The summed E-state index contributed by atoms with van der Waals surface area (Å²) in [6.45, 7) is 5.23. The van der Waals surface area contributed by atoms with Crippen LogP contribution in [0.5, 0.6) is 0 Å². The van der Waals surface area contributed by atoms with Crippen LogP contribution < -0.4 is 15.5 Å². The van der Waals surface area contributed by atoms with Gasteiger partial charge < -0.3 is 20.4 Å². The summed E-state index contributed by atoms with van der Waals surface area (Å²) in [4.78, 5) is 36.1. The number of amides is 1. The van der Waals surface area contributed by atoms with Crippen LogP contribution in [0.3, 0.4) is 0 Å². The van der Waals surface area contributed by atoms with E-state index in [9.17, 15) is 4.79 Å². The molecule has 0 saturated carbocycles. The Balaban J connectivity index is 1.06. The van der Waals surface area contributed by atoms with Gasteiger partial charge >= 0.3 is 0 Å². The number of rotatable bonds is 9. The highest BCUT2D eigenvalue weighted by atomic mass is 32.1. The number of benzene rings is 4. The Hall–Kier alpha value is -5.35. The van der Waals surface area contributed by atoms with Crippen molar-refractivity contribution in [3.63, 3.8) is 0 Å². The summed E-state index contributed by atoms with van der Waals surface area (Å²) in [7, 11) is 0. The minimum Gasteiger partial charge on any atom is -0.353 e. The highest BCUT2D eigenvalue weighted by Crippen LogP contribution is 2.26. The molecule has 0 radical (unpaired) electrons. The molecule has 1 saturated heterocycles. The highest BCUT2D eigenvalue weighted by molar-refractivity contribution is 7.16. The molecule has 0 spiro atoms. The number of nitrogens with one attached hydrogen (secondary N) is 2. The molecule has 9 nitrogen and oxygen atoms in total. The maximum Gasteiger partial charge on any atom is 0.253 e. The van der Waals surface area contributed by atoms with Crippen molar-refractivity contribution < 1.29 is 4.79 Å². The monoisotopic (exact) mass is 626 g/mol. The summed E-state index contributed by atoms with van der Waals surface area (Å²) < 4.78 is 1.09. The quantitative estimate of drug-likeness (QED) is 0.176. The molecule has 1 unspecified atom stereocenters. The zero-order valence-electron chi connectivity index (χ0n) is 25.5. The van der Waals surface area contributed by atoms with Crippen LogP contribution in [0, 0.1) is 0 Å². The number of carbonyl (C=O) groups is 1. The predicted molar refractivity (Wildman–Crippen MR) is 186 cm³/mol. The normalized spacial score (nSPS) is 13.8. The van der Waals surface area contributed by atoms with Crippen LogP contribution in [0.1, 0.15) is 28.8 Å². The van der Waals surface area contributed by atoms with Gasteiger partial charge in [0.1, 0.15) is 0 Å². The van der Waals surface area contributed by atoms with E-state index < -0.39 is 0 Å². The first-order valence-corrected chi connectivity index (χ1v) is 16.3. The summed E-state index contributed by atoms with van der Waals surface area (Å²) in [6, 6.07) is 34.5. The first kappa shape index (κ1) is 29.4. The van der Waals surface area contributed by atoms with E-state index in [1.807, 2.05) is 71.1 Å². The Morgan fingerprint density at radius 3 is 2.26 bits per heavy atom. The summed E-state index contributed by atoms with van der Waals surface area (Å²) in [6.07, 6.45) is 0. The second kappa shape index (κ2) is 13.3. The number of carbonyl (C=O) groups excluding carboxylic acids is 1. The molecule has 10 heteroatoms. The molecule has 2 aromatic heterocycles. The van der Waals surface area contributed by atoms with Crippen LogP contribution in [0.4, 0.5) is 23.5 Å². The highest BCUT2D eigenvalue weighted by Gasteiger charge is 2.25. The van der Waals surface area contributed by atoms with Gasteiger partial charge in [-0.3, -0.25) is 4.79 Å². The second-order valence-electron chi connectivity index (χ2n) is 11.4. The standard InChI is InChI=1S/C36H34N8OS/c1-25(26-8-4-2-5-9-26)23-37-34-40-35(39-30-16-17-31-32(22-30)46-24-38-31)42-36(41-34)44-20-18-43(19-21-44)33(45)29-14-12-28(13-15-29)27-10-6-3-7-11-27/h2-17,22,24-25H,18-21,23H2,1H3,(H2,37,39,40,41,42). The summed E-state index contributed by atoms with van der Waals surface area (Å²) in [5.41, 5.74) is 7.85. The van der Waals surface area contributed by atoms with Gasteiger partial charge in [0.2, 0.25) is 17.8 Å². The summed E-state index contributed by atoms with van der Waals surface area (Å²) >= 11 is 1.59. The molecule has 7 rings (SSSR count). The lowest BCUT2D eigenvalue weighted by atomic mass is 10.0. The van der Waals surface area contributed by atoms with E-state index in [-0.39, 0.29) is 11.8 Å². The van der Waals surface area contributed by atoms with Crippen LogP contribution in [0.15, 0.2) is 109 Å². The molecule has 1 aliphatic rings. The van der Waals surface area contributed by atoms with Crippen LogP contribution >= 0.6 is 11.3 Å². The molecule has 230 valence electrons. The summed E-state index contributed by atoms with van der Waals surface area (Å²) in [5, 5.41) is 6.81. The Morgan fingerprint density at radius 1 is 0.804 bits per heavy atom. The fraction of sp³-hybridized carbons (Fsp3) is 0.194. The lowest BCUT2D eigenvalue weighted by Crippen LogP contribution is -2.49. The number of piperazine rings is 1. The minimum absolute atomic E-state index is 0.0352. The van der Waals surface area contributed by atoms with Crippen LogP contribution in [0.2, 0.25) is 0 Å². The molecule has 46 heavy (non-hydrogen) atoms. The lowest BCUT2D eigenvalue weighted by Gasteiger charge is -2.35. The van der Waals surface area contributed by atoms with Crippen LogP contribution in [-0.2, 0) is 0 Å². The lowest BCUT2D eigenvalue weighted by molar-refractivity contribution is 0.0746. The van der Waals surface area contributed by atoms with Crippen molar-refractivity contribution in [1.29, 1.82) is 0 Å². The van der Waals surface area contributed by atoms with E-state index in [1.54, 1.807) is 11.3 Å². The predicted octanol–water partition coefficient (Wildman–Crippen LogP) is 7.07. The van der Waals surface area contributed by atoms with E-state index in [4.69, 9.17) is 15.0 Å². The van der Waals surface area contributed by atoms with Gasteiger partial charge in [-0.05, 0) is 52.9 Å². The van der Waals surface area contributed by atoms with Crippen molar-refractivity contribution in [3.05, 3.63) is 120 Å². The first-order valence-electron chi connectivity index (χ1n) is 15.4. The van der Waals surface area contributed by atoms with E-state index >= 15 is 0 Å². The van der Waals surface area contributed by atoms with Gasteiger partial charge in [0, 0.05) is 44.0 Å². The SMILES string of the molecule is CC(CNc1nc(Nc2ccc3ncsc3c2)nc(N2CCN(C(=O)c3ccc(-c4ccccc4)cc3)CC2)n1)c1ccccc1. The minimum atomic E-state index is 0.0352. The van der Waals surface area contributed by atoms with Crippen LogP contribution in [0.25, 0.3) is 21.3 Å². The average molecular weight is 627 g/mol. The fourth-order valence-electron chi connectivity index (χ4n) is 5.57. The molecule has 1 fully saturated rings. The van der Waals surface area contributed by atoms with Gasteiger partial charge in [0.05, 0.1) is 15.7 Å². The van der Waals surface area contributed by atoms with E-state index in [1.165, 1.54) is 5.56 Å². The zero-order chi connectivity index (χ0) is 31.3. The molecular formula is C36H34N8OS. The Kier molecular flexibility index (Phi) is 8.51. The maximum atomic E-state index is 13.4. The van der Waals surface area contributed by atoms with Gasteiger partial charge in [-0.25, -0.2) is 4.98 Å².